The summed E-state index contributed by atoms with van der Waals surface area (Å²) in [4.78, 5) is 12.3. The van der Waals surface area contributed by atoms with Crippen LogP contribution in [0.2, 0.25) is 15.1 Å². The molecule has 5 nitrogen and oxygen atoms in total. The van der Waals surface area contributed by atoms with Gasteiger partial charge in [-0.3, -0.25) is 4.79 Å². The van der Waals surface area contributed by atoms with Crippen LogP contribution in [0.25, 0.3) is 0 Å². The molecule has 124 valence electrons. The number of amides is 1. The number of hydrogen-bond donors (Lipinski definition) is 1. The minimum Gasteiger partial charge on any atom is -0.479 e. The van der Waals surface area contributed by atoms with Gasteiger partial charge in [0.1, 0.15) is 11.6 Å². The SMILES string of the molecule is CC(C)n1nccc1NC(=O)[C@@H](C)Oc1cc(Cl)c(Cl)cc1Cl. The van der Waals surface area contributed by atoms with E-state index >= 15 is 0 Å². The third-order valence-electron chi connectivity index (χ3n) is 3.06. The molecule has 1 aromatic carbocycles. The van der Waals surface area contributed by atoms with Gasteiger partial charge in [0, 0.05) is 18.2 Å². The number of anilines is 1. The summed E-state index contributed by atoms with van der Waals surface area (Å²) < 4.78 is 7.28. The molecule has 8 heteroatoms. The first-order chi connectivity index (χ1) is 10.8. The second-order valence-electron chi connectivity index (χ2n) is 5.20. The maximum atomic E-state index is 12.3. The normalized spacial score (nSPS) is 12.3. The number of nitrogens with one attached hydrogen (secondary N) is 1. The highest BCUT2D eigenvalue weighted by Crippen LogP contribution is 2.34. The van der Waals surface area contributed by atoms with Crippen molar-refractivity contribution in [1.29, 1.82) is 0 Å². The smallest absolute Gasteiger partial charge is 0.266 e. The van der Waals surface area contributed by atoms with E-state index in [9.17, 15) is 4.79 Å². The van der Waals surface area contributed by atoms with Crippen LogP contribution in [0, 0.1) is 0 Å². The number of rotatable bonds is 5. The molecule has 0 radical (unpaired) electrons. The van der Waals surface area contributed by atoms with E-state index < -0.39 is 6.10 Å². The Balaban J connectivity index is 2.09. The highest BCUT2D eigenvalue weighted by Gasteiger charge is 2.19. The van der Waals surface area contributed by atoms with Gasteiger partial charge in [-0.1, -0.05) is 34.8 Å². The molecule has 1 atom stereocenters. The Kier molecular flexibility index (Phi) is 5.79. The molecule has 0 spiro atoms. The summed E-state index contributed by atoms with van der Waals surface area (Å²) in [6.45, 7) is 5.56. The Labute approximate surface area is 149 Å². The molecule has 0 saturated carbocycles. The van der Waals surface area contributed by atoms with Gasteiger partial charge in [0.15, 0.2) is 6.10 Å². The molecule has 1 amide bonds. The number of ether oxygens (including phenoxy) is 1. The average Bonchev–Trinajstić information content (AvgIpc) is 2.92. The van der Waals surface area contributed by atoms with Gasteiger partial charge in [-0.2, -0.15) is 5.10 Å². The fraction of sp³-hybridized carbons (Fsp3) is 0.333. The van der Waals surface area contributed by atoms with Crippen molar-refractivity contribution < 1.29 is 9.53 Å². The topological polar surface area (TPSA) is 56.2 Å². The van der Waals surface area contributed by atoms with Gasteiger partial charge >= 0.3 is 0 Å². The molecule has 23 heavy (non-hydrogen) atoms. The molecule has 1 N–H and O–H groups in total. The second-order valence-corrected chi connectivity index (χ2v) is 6.42. The molecule has 0 aliphatic heterocycles. The lowest BCUT2D eigenvalue weighted by atomic mass is 10.3. The molecule has 2 rings (SSSR count). The molecule has 0 aliphatic rings. The van der Waals surface area contributed by atoms with E-state index in [0.29, 0.717) is 21.6 Å². The highest BCUT2D eigenvalue weighted by molar-refractivity contribution is 6.43. The summed E-state index contributed by atoms with van der Waals surface area (Å²) in [5, 5.41) is 7.83. The van der Waals surface area contributed by atoms with Crippen LogP contribution in [-0.2, 0) is 4.79 Å². The van der Waals surface area contributed by atoms with Gasteiger partial charge < -0.3 is 10.1 Å². The van der Waals surface area contributed by atoms with Gasteiger partial charge in [-0.05, 0) is 26.8 Å². The lowest BCUT2D eigenvalue weighted by Crippen LogP contribution is -2.31. The fourth-order valence-corrected chi connectivity index (χ4v) is 2.47. The first-order valence-electron chi connectivity index (χ1n) is 6.95. The van der Waals surface area contributed by atoms with Crippen LogP contribution >= 0.6 is 34.8 Å². The van der Waals surface area contributed by atoms with Gasteiger partial charge in [0.25, 0.3) is 5.91 Å². The van der Waals surface area contributed by atoms with Crippen LogP contribution in [0.15, 0.2) is 24.4 Å². The van der Waals surface area contributed by atoms with Gasteiger partial charge in [0.2, 0.25) is 0 Å². The van der Waals surface area contributed by atoms with E-state index in [2.05, 4.69) is 10.4 Å². The van der Waals surface area contributed by atoms with E-state index in [0.717, 1.165) is 0 Å². The molecule has 1 heterocycles. The number of carbonyl (C=O) groups excluding carboxylic acids is 1. The zero-order valence-corrected chi connectivity index (χ0v) is 15.1. The maximum absolute atomic E-state index is 12.3. The molecule has 0 unspecified atom stereocenters. The van der Waals surface area contributed by atoms with Gasteiger partial charge in [-0.15, -0.1) is 0 Å². The lowest BCUT2D eigenvalue weighted by Gasteiger charge is -2.17. The maximum Gasteiger partial charge on any atom is 0.266 e. The molecule has 0 bridgehead atoms. The first kappa shape index (κ1) is 17.9. The largest absolute Gasteiger partial charge is 0.479 e. The van der Waals surface area contributed by atoms with E-state index in [1.165, 1.54) is 12.1 Å². The number of carbonyl (C=O) groups is 1. The van der Waals surface area contributed by atoms with Crippen LogP contribution in [0.4, 0.5) is 5.82 Å². The zero-order valence-electron chi connectivity index (χ0n) is 12.8. The van der Waals surface area contributed by atoms with Gasteiger partial charge in [0.05, 0.1) is 21.3 Å². The predicted molar refractivity (Wildman–Crippen MR) is 92.8 cm³/mol. The monoisotopic (exact) mass is 375 g/mol. The molecule has 0 saturated heterocycles. The Morgan fingerprint density at radius 2 is 1.83 bits per heavy atom. The van der Waals surface area contributed by atoms with Crippen molar-refractivity contribution >= 4 is 46.5 Å². The lowest BCUT2D eigenvalue weighted by molar-refractivity contribution is -0.122. The van der Waals surface area contributed by atoms with Crippen LogP contribution in [0.5, 0.6) is 5.75 Å². The van der Waals surface area contributed by atoms with Crippen LogP contribution in [-0.4, -0.2) is 21.8 Å². The van der Waals surface area contributed by atoms with E-state index in [4.69, 9.17) is 39.5 Å². The van der Waals surface area contributed by atoms with Crippen molar-refractivity contribution in [3.8, 4) is 5.75 Å². The van der Waals surface area contributed by atoms with Crippen molar-refractivity contribution in [1.82, 2.24) is 9.78 Å². The molecule has 2 aromatic rings. The molecular formula is C15H16Cl3N3O2. The van der Waals surface area contributed by atoms with E-state index in [1.54, 1.807) is 23.9 Å². The Morgan fingerprint density at radius 3 is 2.48 bits per heavy atom. The summed E-state index contributed by atoms with van der Waals surface area (Å²) >= 11 is 17.8. The highest BCUT2D eigenvalue weighted by atomic mass is 35.5. The van der Waals surface area contributed by atoms with Crippen LogP contribution in [0.3, 0.4) is 0 Å². The van der Waals surface area contributed by atoms with Crippen molar-refractivity contribution in [2.24, 2.45) is 0 Å². The third-order valence-corrected chi connectivity index (χ3v) is 4.08. The zero-order chi connectivity index (χ0) is 17.1. The number of aromatic nitrogens is 2. The van der Waals surface area contributed by atoms with Crippen molar-refractivity contribution in [3.63, 3.8) is 0 Å². The number of benzene rings is 1. The van der Waals surface area contributed by atoms with Crippen molar-refractivity contribution in [3.05, 3.63) is 39.5 Å². The minimum atomic E-state index is -0.778. The van der Waals surface area contributed by atoms with Crippen molar-refractivity contribution in [2.75, 3.05) is 5.32 Å². The van der Waals surface area contributed by atoms with Gasteiger partial charge in [-0.25, -0.2) is 4.68 Å². The van der Waals surface area contributed by atoms with Crippen molar-refractivity contribution in [2.45, 2.75) is 32.9 Å². The summed E-state index contributed by atoms with van der Waals surface area (Å²) in [5.41, 5.74) is 0. The third kappa shape index (κ3) is 4.31. The Hall–Kier alpha value is -1.43. The Bertz CT molecular complexity index is 716. The first-order valence-corrected chi connectivity index (χ1v) is 8.08. The predicted octanol–water partition coefficient (Wildman–Crippen LogP) is 4.83. The minimum absolute atomic E-state index is 0.126. The van der Waals surface area contributed by atoms with E-state index in [1.807, 2.05) is 13.8 Å². The fourth-order valence-electron chi connectivity index (χ4n) is 1.89. The molecule has 0 aliphatic carbocycles. The number of nitrogens with zero attached hydrogens (tertiary/aromatic N) is 2. The Morgan fingerprint density at radius 1 is 1.17 bits per heavy atom. The number of hydrogen-bond acceptors (Lipinski definition) is 3. The van der Waals surface area contributed by atoms with E-state index in [-0.39, 0.29) is 17.0 Å². The quantitative estimate of drug-likeness (QED) is 0.760. The van der Waals surface area contributed by atoms with Crippen LogP contribution < -0.4 is 10.1 Å². The summed E-state index contributed by atoms with van der Waals surface area (Å²) in [5.74, 6) is 0.566. The standard InChI is InChI=1S/C15H16Cl3N3O2/c1-8(2)21-14(4-5-19-21)20-15(22)9(3)23-13-7-11(17)10(16)6-12(13)18/h4-9H,1-3H3,(H,20,22)/t9-/m1/s1. The number of halogens is 3. The molecule has 0 fully saturated rings. The summed E-state index contributed by atoms with van der Waals surface area (Å²) in [7, 11) is 0. The summed E-state index contributed by atoms with van der Waals surface area (Å²) in [6, 6.07) is 4.80. The molecule has 1 aromatic heterocycles. The van der Waals surface area contributed by atoms with Crippen LogP contribution in [0.1, 0.15) is 26.8 Å². The second kappa shape index (κ2) is 7.43. The average molecular weight is 377 g/mol. The molecular weight excluding hydrogens is 361 g/mol. The summed E-state index contributed by atoms with van der Waals surface area (Å²) in [6.07, 6.45) is 0.844.